The average molecular weight is 305 g/mol. The summed E-state index contributed by atoms with van der Waals surface area (Å²) in [7, 11) is 0. The van der Waals surface area contributed by atoms with Gasteiger partial charge in [0.15, 0.2) is 5.82 Å². The number of fused-ring (bicyclic) bond motifs is 1. The Labute approximate surface area is 129 Å². The molecule has 0 aromatic carbocycles. The lowest BCUT2D eigenvalue weighted by atomic mass is 10.2. The van der Waals surface area contributed by atoms with Crippen LogP contribution >= 0.6 is 0 Å². The Hall–Kier alpha value is -2.22. The normalized spacial score (nSPS) is 12.4. The Morgan fingerprint density at radius 1 is 1.09 bits per heavy atom. The van der Waals surface area contributed by atoms with Crippen LogP contribution in [-0.4, -0.2) is 44.2 Å². The van der Waals surface area contributed by atoms with Crippen LogP contribution in [0.15, 0.2) is 0 Å². The molecule has 1 atom stereocenters. The van der Waals surface area contributed by atoms with E-state index >= 15 is 0 Å². The topological polar surface area (TPSA) is 122 Å². The number of hydrogen-bond donors (Lipinski definition) is 4. The van der Waals surface area contributed by atoms with Gasteiger partial charge in [0.05, 0.1) is 11.8 Å². The minimum atomic E-state index is -0.486. The van der Waals surface area contributed by atoms with Crippen LogP contribution in [0.2, 0.25) is 0 Å². The number of nitrogens with one attached hydrogen (secondary N) is 2. The van der Waals surface area contributed by atoms with E-state index in [-0.39, 0.29) is 5.95 Å². The summed E-state index contributed by atoms with van der Waals surface area (Å²) in [6, 6.07) is 0. The van der Waals surface area contributed by atoms with Gasteiger partial charge in [0, 0.05) is 13.1 Å². The molecule has 0 amide bonds. The van der Waals surface area contributed by atoms with Crippen LogP contribution in [-0.2, 0) is 6.42 Å². The largest absolute Gasteiger partial charge is 0.392 e. The molecule has 2 aromatic heterocycles. The molecule has 0 spiro atoms. The smallest absolute Gasteiger partial charge is 0.225 e. The first-order valence-corrected chi connectivity index (χ1v) is 7.55. The molecule has 5 N–H and O–H groups in total. The van der Waals surface area contributed by atoms with Gasteiger partial charge in [-0.25, -0.2) is 15.0 Å². The molecule has 0 aliphatic heterocycles. The van der Waals surface area contributed by atoms with Crippen LogP contribution in [0.5, 0.6) is 0 Å². The first kappa shape index (κ1) is 16.2. The first-order chi connectivity index (χ1) is 10.5. The standard InChI is InChI=1S/C14H23N7O/c1-4-6-9-10-11(19-13(15)18-9)12(16-5-2)21-14(20-10)17-7-8(3)22/h8,22H,4-7H2,1-3H3,(H2,15,18,19)(H2,16,17,20,21)/t8-/m1/s1. The fraction of sp³-hybridized carbons (Fsp3) is 0.571. The van der Waals surface area contributed by atoms with Crippen LogP contribution in [0, 0.1) is 0 Å². The molecule has 2 heterocycles. The van der Waals surface area contributed by atoms with Crippen LogP contribution in [0.3, 0.4) is 0 Å². The molecule has 2 rings (SSSR count). The average Bonchev–Trinajstić information content (AvgIpc) is 2.46. The van der Waals surface area contributed by atoms with Crippen molar-refractivity contribution in [1.29, 1.82) is 0 Å². The van der Waals surface area contributed by atoms with Crippen molar-refractivity contribution in [2.24, 2.45) is 0 Å². The summed E-state index contributed by atoms with van der Waals surface area (Å²) in [6.07, 6.45) is 1.21. The number of aryl methyl sites for hydroxylation is 1. The lowest BCUT2D eigenvalue weighted by Crippen LogP contribution is -2.18. The summed E-state index contributed by atoms with van der Waals surface area (Å²) in [6.45, 7) is 6.83. The van der Waals surface area contributed by atoms with Crippen molar-refractivity contribution in [3.05, 3.63) is 5.69 Å². The van der Waals surface area contributed by atoms with Crippen molar-refractivity contribution >= 4 is 28.7 Å². The highest BCUT2D eigenvalue weighted by atomic mass is 16.3. The maximum Gasteiger partial charge on any atom is 0.225 e. The molecule has 2 aromatic rings. The van der Waals surface area contributed by atoms with Crippen molar-refractivity contribution in [3.8, 4) is 0 Å². The van der Waals surface area contributed by atoms with Crippen LogP contribution in [0.1, 0.15) is 32.9 Å². The molecule has 22 heavy (non-hydrogen) atoms. The number of nitrogens with two attached hydrogens (primary N) is 1. The lowest BCUT2D eigenvalue weighted by molar-refractivity contribution is 0.208. The van der Waals surface area contributed by atoms with Crippen molar-refractivity contribution in [3.63, 3.8) is 0 Å². The molecule has 120 valence electrons. The quantitative estimate of drug-likeness (QED) is 0.601. The monoisotopic (exact) mass is 305 g/mol. The molecule has 0 bridgehead atoms. The van der Waals surface area contributed by atoms with Crippen LogP contribution < -0.4 is 16.4 Å². The zero-order chi connectivity index (χ0) is 16.1. The van der Waals surface area contributed by atoms with Gasteiger partial charge < -0.3 is 21.5 Å². The van der Waals surface area contributed by atoms with Crippen LogP contribution in [0.4, 0.5) is 17.7 Å². The molecule has 0 radical (unpaired) electrons. The van der Waals surface area contributed by atoms with Gasteiger partial charge in [-0.15, -0.1) is 0 Å². The van der Waals surface area contributed by atoms with Gasteiger partial charge in [-0.1, -0.05) is 13.3 Å². The molecule has 0 saturated heterocycles. The van der Waals surface area contributed by atoms with Gasteiger partial charge in [0.2, 0.25) is 11.9 Å². The van der Waals surface area contributed by atoms with E-state index in [0.717, 1.165) is 18.5 Å². The van der Waals surface area contributed by atoms with Crippen molar-refractivity contribution in [2.45, 2.75) is 39.7 Å². The Morgan fingerprint density at radius 2 is 1.86 bits per heavy atom. The van der Waals surface area contributed by atoms with E-state index in [2.05, 4.69) is 37.5 Å². The Morgan fingerprint density at radius 3 is 2.50 bits per heavy atom. The van der Waals surface area contributed by atoms with Gasteiger partial charge in [-0.05, 0) is 20.3 Å². The predicted octanol–water partition coefficient (Wildman–Crippen LogP) is 1.18. The zero-order valence-corrected chi connectivity index (χ0v) is 13.2. The molecule has 0 aliphatic rings. The number of aliphatic hydroxyl groups excluding tert-OH is 1. The fourth-order valence-electron chi connectivity index (χ4n) is 2.11. The van der Waals surface area contributed by atoms with Crippen molar-refractivity contribution in [2.75, 3.05) is 29.5 Å². The van der Waals surface area contributed by atoms with Gasteiger partial charge in [0.1, 0.15) is 11.0 Å². The number of anilines is 3. The Bertz CT molecular complexity index is 645. The van der Waals surface area contributed by atoms with E-state index in [4.69, 9.17) is 5.73 Å². The molecule has 8 heteroatoms. The molecule has 0 unspecified atom stereocenters. The molecule has 0 saturated carbocycles. The summed E-state index contributed by atoms with van der Waals surface area (Å²) in [5, 5.41) is 15.6. The highest BCUT2D eigenvalue weighted by molar-refractivity contribution is 5.88. The second kappa shape index (κ2) is 7.17. The first-order valence-electron chi connectivity index (χ1n) is 7.55. The minimum absolute atomic E-state index is 0.225. The second-order valence-corrected chi connectivity index (χ2v) is 5.13. The second-order valence-electron chi connectivity index (χ2n) is 5.13. The van der Waals surface area contributed by atoms with Crippen molar-refractivity contribution < 1.29 is 5.11 Å². The van der Waals surface area contributed by atoms with Crippen LogP contribution in [0.25, 0.3) is 11.0 Å². The Kier molecular flexibility index (Phi) is 5.26. The van der Waals surface area contributed by atoms with Gasteiger partial charge in [-0.3, -0.25) is 0 Å². The molecular formula is C14H23N7O. The van der Waals surface area contributed by atoms with Crippen molar-refractivity contribution in [1.82, 2.24) is 19.9 Å². The van der Waals surface area contributed by atoms with Gasteiger partial charge >= 0.3 is 0 Å². The number of aliphatic hydroxyl groups is 1. The Balaban J connectivity index is 2.55. The zero-order valence-electron chi connectivity index (χ0n) is 13.2. The van der Waals surface area contributed by atoms with Gasteiger partial charge in [0.25, 0.3) is 0 Å². The van der Waals surface area contributed by atoms with E-state index in [1.165, 1.54) is 0 Å². The maximum atomic E-state index is 9.40. The molecule has 8 nitrogen and oxygen atoms in total. The fourth-order valence-corrected chi connectivity index (χ4v) is 2.11. The van der Waals surface area contributed by atoms with Gasteiger partial charge in [-0.2, -0.15) is 4.98 Å². The third kappa shape index (κ3) is 3.70. The van der Waals surface area contributed by atoms with E-state index in [1.807, 2.05) is 6.92 Å². The van der Waals surface area contributed by atoms with E-state index in [0.29, 0.717) is 35.9 Å². The SMILES string of the molecule is CCCc1nc(N)nc2c(NCC)nc(NC[C@@H](C)O)nc12. The van der Waals surface area contributed by atoms with E-state index < -0.39 is 6.10 Å². The molecular weight excluding hydrogens is 282 g/mol. The van der Waals surface area contributed by atoms with E-state index in [1.54, 1.807) is 6.92 Å². The summed E-state index contributed by atoms with van der Waals surface area (Å²) < 4.78 is 0. The summed E-state index contributed by atoms with van der Waals surface area (Å²) >= 11 is 0. The lowest BCUT2D eigenvalue weighted by Gasteiger charge is -2.13. The van der Waals surface area contributed by atoms with E-state index in [9.17, 15) is 5.11 Å². The highest BCUT2D eigenvalue weighted by Gasteiger charge is 2.14. The summed E-state index contributed by atoms with van der Waals surface area (Å²) in [4.78, 5) is 17.5. The molecule has 0 fully saturated rings. The third-order valence-electron chi connectivity index (χ3n) is 3.02. The third-order valence-corrected chi connectivity index (χ3v) is 3.02. The maximum absolute atomic E-state index is 9.40. The number of hydrogen-bond acceptors (Lipinski definition) is 8. The summed E-state index contributed by atoms with van der Waals surface area (Å²) in [5.74, 6) is 1.28. The number of nitrogen functional groups attached to an aromatic ring is 1. The minimum Gasteiger partial charge on any atom is -0.392 e. The highest BCUT2D eigenvalue weighted by Crippen LogP contribution is 2.24. The number of aromatic nitrogens is 4. The molecule has 0 aliphatic carbocycles. The number of rotatable bonds is 7. The predicted molar refractivity (Wildman–Crippen MR) is 87.9 cm³/mol. The summed E-state index contributed by atoms with van der Waals surface area (Å²) in [5.41, 5.74) is 7.93. The number of nitrogens with zero attached hydrogens (tertiary/aromatic N) is 4.